The van der Waals surface area contributed by atoms with Gasteiger partial charge in [0, 0.05) is 18.8 Å². The molecule has 0 radical (unpaired) electrons. The zero-order valence-electron chi connectivity index (χ0n) is 18.9. The quantitative estimate of drug-likeness (QED) is 0.132. The van der Waals surface area contributed by atoms with Crippen LogP contribution in [0.25, 0.3) is 11.2 Å². The van der Waals surface area contributed by atoms with Crippen molar-refractivity contribution in [3.63, 3.8) is 0 Å². The fraction of sp³-hybridized carbons (Fsp3) is 0.750. The number of aliphatic hydroxyl groups excluding tert-OH is 4. The molecule has 4 unspecified atom stereocenters. The molecule has 0 spiro atoms. The molecular formula is C20H33N7O5S. The van der Waals surface area contributed by atoms with E-state index in [1.807, 2.05) is 0 Å². The molecule has 13 heteroatoms. The third-order valence-corrected chi connectivity index (χ3v) is 6.64. The smallest absolute Gasteiger partial charge is 0.226 e. The summed E-state index contributed by atoms with van der Waals surface area (Å²) in [7, 11) is 0. The van der Waals surface area contributed by atoms with Crippen LogP contribution in [0.1, 0.15) is 45.6 Å². The highest BCUT2D eigenvalue weighted by molar-refractivity contribution is 7.99. The van der Waals surface area contributed by atoms with E-state index >= 15 is 0 Å². The molecule has 1 saturated carbocycles. The van der Waals surface area contributed by atoms with Gasteiger partial charge in [0.15, 0.2) is 22.1 Å². The number of anilines is 1. The van der Waals surface area contributed by atoms with E-state index in [9.17, 15) is 20.1 Å². The molecule has 1 fully saturated rings. The Morgan fingerprint density at radius 3 is 2.73 bits per heavy atom. The summed E-state index contributed by atoms with van der Waals surface area (Å²) in [6.45, 7) is 4.25. The normalized spacial score (nSPS) is 23.7. The zero-order valence-corrected chi connectivity index (χ0v) is 19.7. The van der Waals surface area contributed by atoms with Gasteiger partial charge in [-0.05, 0) is 19.3 Å². The number of aliphatic hydroxyl groups is 4. The molecule has 2 aromatic heterocycles. The number of fused-ring (bicyclic) bond motifs is 1. The number of nitrogens with one attached hydrogen (secondary N) is 2. The molecule has 0 bridgehead atoms. The fourth-order valence-corrected chi connectivity index (χ4v) is 4.42. The summed E-state index contributed by atoms with van der Waals surface area (Å²) < 4.78 is 1.46. The Bertz CT molecular complexity index is 930. The largest absolute Gasteiger partial charge is 0.394 e. The minimum atomic E-state index is -1.32. The van der Waals surface area contributed by atoms with Crippen LogP contribution in [0.5, 0.6) is 0 Å². The standard InChI is InChI=1S/C20H33N7O5S/c1-3-5-6-21-17-14-18(24-20(23-17)33-7-4-2)27(26-25-14)13-8-12(15(30)16(13)31)19(32)22-9-11(29)10-28/h11-13,15-16,28-31H,3-10H2,1-2H3,(H,22,32)(H,21,23,24)/t11?,12-,13?,15?,16?/m0/s1. The van der Waals surface area contributed by atoms with Crippen LogP contribution in [0.15, 0.2) is 5.16 Å². The lowest BCUT2D eigenvalue weighted by Gasteiger charge is -2.17. The number of carbonyl (C=O) groups is 1. The van der Waals surface area contributed by atoms with E-state index in [-0.39, 0.29) is 13.0 Å². The number of aromatic nitrogens is 5. The highest BCUT2D eigenvalue weighted by Crippen LogP contribution is 2.37. The van der Waals surface area contributed by atoms with Gasteiger partial charge in [0.25, 0.3) is 0 Å². The summed E-state index contributed by atoms with van der Waals surface area (Å²) in [5.41, 5.74) is 0.892. The first kappa shape index (κ1) is 25.6. The Balaban J connectivity index is 1.87. The first-order chi connectivity index (χ1) is 15.9. The molecule has 3 rings (SSSR count). The van der Waals surface area contributed by atoms with Crippen molar-refractivity contribution in [2.45, 2.75) is 69.0 Å². The van der Waals surface area contributed by atoms with Crippen LogP contribution in [0.4, 0.5) is 5.82 Å². The number of carbonyl (C=O) groups excluding carboxylic acids is 1. The van der Waals surface area contributed by atoms with Gasteiger partial charge in [0.2, 0.25) is 5.91 Å². The average molecular weight is 484 g/mol. The fourth-order valence-electron chi connectivity index (χ4n) is 3.72. The third kappa shape index (κ3) is 5.90. The summed E-state index contributed by atoms with van der Waals surface area (Å²) in [4.78, 5) is 21.7. The van der Waals surface area contributed by atoms with E-state index in [0.29, 0.717) is 22.1 Å². The van der Waals surface area contributed by atoms with E-state index in [1.54, 1.807) is 0 Å². The first-order valence-electron chi connectivity index (χ1n) is 11.3. The SMILES string of the molecule is CCCCNc1nc(SCCC)nc2c1nnn2C1C[C@H](C(=O)NCC(O)CO)C(O)C1O. The van der Waals surface area contributed by atoms with Gasteiger partial charge < -0.3 is 31.1 Å². The molecule has 2 aromatic rings. The van der Waals surface area contributed by atoms with Crippen molar-refractivity contribution in [2.75, 3.05) is 30.8 Å². The van der Waals surface area contributed by atoms with Gasteiger partial charge in [0.05, 0.1) is 30.8 Å². The molecule has 1 aliphatic carbocycles. The van der Waals surface area contributed by atoms with Gasteiger partial charge in [0.1, 0.15) is 6.10 Å². The van der Waals surface area contributed by atoms with Crippen molar-refractivity contribution < 1.29 is 25.2 Å². The topological polar surface area (TPSA) is 179 Å². The van der Waals surface area contributed by atoms with Crippen LogP contribution in [-0.2, 0) is 4.79 Å². The summed E-state index contributed by atoms with van der Waals surface area (Å²) in [6.07, 6.45) is -0.617. The van der Waals surface area contributed by atoms with Gasteiger partial charge in [-0.15, -0.1) is 5.10 Å². The number of hydrogen-bond acceptors (Lipinski definition) is 11. The Hall–Kier alpha value is -2.06. The minimum Gasteiger partial charge on any atom is -0.394 e. The van der Waals surface area contributed by atoms with Crippen molar-refractivity contribution in [2.24, 2.45) is 5.92 Å². The Morgan fingerprint density at radius 2 is 2.03 bits per heavy atom. The van der Waals surface area contributed by atoms with Crippen LogP contribution in [0.2, 0.25) is 0 Å². The van der Waals surface area contributed by atoms with Crippen molar-refractivity contribution in [1.29, 1.82) is 0 Å². The van der Waals surface area contributed by atoms with Gasteiger partial charge >= 0.3 is 0 Å². The van der Waals surface area contributed by atoms with Crippen molar-refractivity contribution in [1.82, 2.24) is 30.3 Å². The number of unbranched alkanes of at least 4 members (excludes halogenated alkanes) is 1. The van der Waals surface area contributed by atoms with Gasteiger partial charge in [-0.2, -0.15) is 0 Å². The highest BCUT2D eigenvalue weighted by Gasteiger charge is 2.47. The molecule has 184 valence electrons. The number of rotatable bonds is 12. The molecule has 0 saturated heterocycles. The molecule has 33 heavy (non-hydrogen) atoms. The van der Waals surface area contributed by atoms with E-state index in [4.69, 9.17) is 5.11 Å². The molecule has 5 atom stereocenters. The maximum atomic E-state index is 12.5. The Morgan fingerprint density at radius 1 is 1.24 bits per heavy atom. The third-order valence-electron chi connectivity index (χ3n) is 5.59. The molecule has 2 heterocycles. The van der Waals surface area contributed by atoms with Crippen LogP contribution in [-0.4, -0.2) is 95.1 Å². The monoisotopic (exact) mass is 483 g/mol. The number of hydrogen-bond donors (Lipinski definition) is 6. The first-order valence-corrected chi connectivity index (χ1v) is 12.3. The van der Waals surface area contributed by atoms with Gasteiger partial charge in [-0.3, -0.25) is 4.79 Å². The van der Waals surface area contributed by atoms with Crippen LogP contribution in [0.3, 0.4) is 0 Å². The van der Waals surface area contributed by atoms with E-state index in [2.05, 4.69) is 44.8 Å². The second-order valence-electron chi connectivity index (χ2n) is 8.16. The van der Waals surface area contributed by atoms with E-state index < -0.39 is 42.8 Å². The molecule has 12 nitrogen and oxygen atoms in total. The number of thioether (sulfide) groups is 1. The molecular weight excluding hydrogens is 450 g/mol. The van der Waals surface area contributed by atoms with E-state index in [1.165, 1.54) is 16.4 Å². The lowest BCUT2D eigenvalue weighted by molar-refractivity contribution is -0.129. The maximum absolute atomic E-state index is 12.5. The van der Waals surface area contributed by atoms with Gasteiger partial charge in [-0.1, -0.05) is 37.2 Å². The minimum absolute atomic E-state index is 0.113. The number of nitrogens with zero attached hydrogens (tertiary/aromatic N) is 5. The summed E-state index contributed by atoms with van der Waals surface area (Å²) >= 11 is 1.51. The molecule has 0 aliphatic heterocycles. The number of amides is 1. The predicted molar refractivity (Wildman–Crippen MR) is 123 cm³/mol. The predicted octanol–water partition coefficient (Wildman–Crippen LogP) is -0.312. The summed E-state index contributed by atoms with van der Waals surface area (Å²) in [5, 5.41) is 54.4. The van der Waals surface area contributed by atoms with Crippen LogP contribution in [0, 0.1) is 5.92 Å². The Labute approximate surface area is 196 Å². The van der Waals surface area contributed by atoms with Crippen LogP contribution < -0.4 is 10.6 Å². The van der Waals surface area contributed by atoms with Crippen LogP contribution >= 0.6 is 11.8 Å². The van der Waals surface area contributed by atoms with Crippen molar-refractivity contribution in [3.05, 3.63) is 0 Å². The lowest BCUT2D eigenvalue weighted by atomic mass is 10.0. The maximum Gasteiger partial charge on any atom is 0.226 e. The van der Waals surface area contributed by atoms with Gasteiger partial charge in [-0.25, -0.2) is 14.6 Å². The summed E-state index contributed by atoms with van der Waals surface area (Å²) in [5.74, 6) is -0.0165. The van der Waals surface area contributed by atoms with E-state index in [0.717, 1.165) is 31.6 Å². The zero-order chi connectivity index (χ0) is 24.0. The molecule has 0 aromatic carbocycles. The Kier molecular flexibility index (Phi) is 9.20. The molecule has 1 aliphatic rings. The van der Waals surface area contributed by atoms with Crippen molar-refractivity contribution >= 4 is 34.7 Å². The second kappa shape index (κ2) is 11.9. The average Bonchev–Trinajstić information content (AvgIpc) is 3.36. The lowest BCUT2D eigenvalue weighted by Crippen LogP contribution is -2.41. The van der Waals surface area contributed by atoms with Crippen molar-refractivity contribution in [3.8, 4) is 0 Å². The second-order valence-corrected chi connectivity index (χ2v) is 9.22. The highest BCUT2D eigenvalue weighted by atomic mass is 32.2. The molecule has 1 amide bonds. The summed E-state index contributed by atoms with van der Waals surface area (Å²) in [6, 6.07) is -0.717. The molecule has 6 N–H and O–H groups in total.